The Bertz CT molecular complexity index is 348. The fraction of sp³-hybridized carbons (Fsp3) is 0.600. The Hall–Kier alpha value is -0.470. The van der Waals surface area contributed by atoms with Crippen LogP contribution in [-0.4, -0.2) is 11.8 Å². The van der Waals surface area contributed by atoms with Gasteiger partial charge in [0.1, 0.15) is 0 Å². The first-order valence-electron chi connectivity index (χ1n) is 6.92. The molecule has 1 heterocycles. The summed E-state index contributed by atoms with van der Waals surface area (Å²) in [5.41, 5.74) is 1.47. The summed E-state index contributed by atoms with van der Waals surface area (Å²) in [4.78, 5) is 1.46. The molecular weight excluding hydrogens is 226 g/mol. The van der Waals surface area contributed by atoms with Gasteiger partial charge in [-0.15, -0.1) is 11.8 Å². The summed E-state index contributed by atoms with van der Waals surface area (Å²) in [6.07, 6.45) is 8.31. The van der Waals surface area contributed by atoms with Crippen LogP contribution in [0, 0.1) is 0 Å². The Morgan fingerprint density at radius 2 is 1.71 bits per heavy atom. The maximum absolute atomic E-state index is 3.56. The number of hydrogen-bond acceptors (Lipinski definition) is 2. The second-order valence-electron chi connectivity index (χ2n) is 5.24. The summed E-state index contributed by atoms with van der Waals surface area (Å²) >= 11 is 2.08. The summed E-state index contributed by atoms with van der Waals surface area (Å²) in [6.45, 7) is 1.18. The summed E-state index contributed by atoms with van der Waals surface area (Å²) in [5, 5.41) is 4.44. The first kappa shape index (κ1) is 11.6. The minimum absolute atomic E-state index is 0.612. The number of rotatable bonds is 3. The van der Waals surface area contributed by atoms with Crippen molar-refractivity contribution in [1.82, 2.24) is 5.32 Å². The Balaban J connectivity index is 1.62. The highest BCUT2D eigenvalue weighted by atomic mass is 32.2. The predicted octanol–water partition coefficient (Wildman–Crippen LogP) is 4.15. The zero-order valence-electron chi connectivity index (χ0n) is 10.3. The molecule has 1 unspecified atom stereocenters. The van der Waals surface area contributed by atoms with E-state index in [4.69, 9.17) is 0 Å². The van der Waals surface area contributed by atoms with Gasteiger partial charge in [0.25, 0.3) is 0 Å². The van der Waals surface area contributed by atoms with E-state index in [9.17, 15) is 0 Å². The predicted molar refractivity (Wildman–Crippen MR) is 74.5 cm³/mol. The van der Waals surface area contributed by atoms with Crippen molar-refractivity contribution in [3.63, 3.8) is 0 Å². The van der Waals surface area contributed by atoms with Crippen molar-refractivity contribution in [1.29, 1.82) is 0 Å². The average Bonchev–Trinajstić information content (AvgIpc) is 3.01. The zero-order chi connectivity index (χ0) is 11.5. The van der Waals surface area contributed by atoms with Crippen molar-refractivity contribution in [2.75, 3.05) is 6.54 Å². The summed E-state index contributed by atoms with van der Waals surface area (Å²) in [7, 11) is 0. The fourth-order valence-corrected chi connectivity index (χ4v) is 4.19. The Morgan fingerprint density at radius 3 is 2.35 bits per heavy atom. The average molecular weight is 247 g/mol. The third-order valence-electron chi connectivity index (χ3n) is 3.95. The minimum atomic E-state index is 0.612. The third-order valence-corrected chi connectivity index (χ3v) is 5.30. The monoisotopic (exact) mass is 247 g/mol. The van der Waals surface area contributed by atoms with Crippen molar-refractivity contribution in [3.8, 4) is 0 Å². The molecule has 1 nitrogen and oxygen atoms in total. The molecule has 1 aromatic carbocycles. The van der Waals surface area contributed by atoms with Crippen LogP contribution in [0.2, 0.25) is 0 Å². The van der Waals surface area contributed by atoms with E-state index in [0.29, 0.717) is 6.04 Å². The van der Waals surface area contributed by atoms with Crippen molar-refractivity contribution in [2.45, 2.75) is 54.7 Å². The molecule has 3 rings (SSSR count). The van der Waals surface area contributed by atoms with E-state index in [1.165, 1.54) is 55.5 Å². The maximum Gasteiger partial charge on any atom is 0.0320 e. The third kappa shape index (κ3) is 2.86. The molecule has 0 aromatic heterocycles. The van der Waals surface area contributed by atoms with Crippen LogP contribution < -0.4 is 5.32 Å². The summed E-state index contributed by atoms with van der Waals surface area (Å²) in [6, 6.07) is 9.89. The van der Waals surface area contributed by atoms with Gasteiger partial charge < -0.3 is 5.32 Å². The molecule has 1 aliphatic heterocycles. The van der Waals surface area contributed by atoms with Gasteiger partial charge in [0.05, 0.1) is 0 Å². The minimum Gasteiger partial charge on any atom is -0.310 e. The highest BCUT2D eigenvalue weighted by Crippen LogP contribution is 2.35. The van der Waals surface area contributed by atoms with E-state index in [-0.39, 0.29) is 0 Å². The zero-order valence-corrected chi connectivity index (χ0v) is 11.1. The van der Waals surface area contributed by atoms with E-state index < -0.39 is 0 Å². The van der Waals surface area contributed by atoms with Crippen LogP contribution in [0.1, 0.15) is 50.1 Å². The van der Waals surface area contributed by atoms with Crippen molar-refractivity contribution >= 4 is 11.8 Å². The number of benzene rings is 1. The molecule has 1 atom stereocenters. The molecule has 1 saturated carbocycles. The molecule has 0 radical (unpaired) electrons. The molecule has 1 N–H and O–H groups in total. The van der Waals surface area contributed by atoms with Gasteiger partial charge in [-0.25, -0.2) is 0 Å². The second-order valence-corrected chi connectivity index (χ2v) is 6.62. The van der Waals surface area contributed by atoms with Crippen LogP contribution in [0.5, 0.6) is 0 Å². The highest BCUT2D eigenvalue weighted by Gasteiger charge is 2.18. The van der Waals surface area contributed by atoms with E-state index in [2.05, 4.69) is 41.3 Å². The van der Waals surface area contributed by atoms with Crippen LogP contribution in [0.4, 0.5) is 0 Å². The number of hydrogen-bond donors (Lipinski definition) is 1. The van der Waals surface area contributed by atoms with Gasteiger partial charge in [0.2, 0.25) is 0 Å². The smallest absolute Gasteiger partial charge is 0.0320 e. The molecule has 17 heavy (non-hydrogen) atoms. The molecular formula is C15H21NS. The lowest BCUT2D eigenvalue weighted by molar-refractivity contribution is 0.647. The lowest BCUT2D eigenvalue weighted by Gasteiger charge is -2.12. The van der Waals surface area contributed by atoms with E-state index in [0.717, 1.165) is 5.25 Å². The van der Waals surface area contributed by atoms with Crippen molar-refractivity contribution < 1.29 is 0 Å². The molecule has 92 valence electrons. The number of thioether (sulfide) groups is 1. The number of nitrogens with one attached hydrogen (secondary N) is 1. The topological polar surface area (TPSA) is 12.0 Å². The summed E-state index contributed by atoms with van der Waals surface area (Å²) in [5.74, 6) is 0. The lowest BCUT2D eigenvalue weighted by atomic mass is 10.1. The molecule has 2 fully saturated rings. The van der Waals surface area contributed by atoms with Crippen molar-refractivity contribution in [2.24, 2.45) is 0 Å². The van der Waals surface area contributed by atoms with Gasteiger partial charge in [-0.05, 0) is 49.9 Å². The Kier molecular flexibility index (Phi) is 3.72. The van der Waals surface area contributed by atoms with Crippen molar-refractivity contribution in [3.05, 3.63) is 29.8 Å². The van der Waals surface area contributed by atoms with Gasteiger partial charge >= 0.3 is 0 Å². The van der Waals surface area contributed by atoms with Crippen LogP contribution >= 0.6 is 11.8 Å². The van der Waals surface area contributed by atoms with Crippen LogP contribution in [0.25, 0.3) is 0 Å². The molecule has 0 amide bonds. The standard InChI is InChI=1S/C15H21NS/c1-2-5-13(4-1)17-14-9-7-12(8-10-14)15-6-3-11-16-15/h7-10,13,15-16H,1-6,11H2. The second kappa shape index (κ2) is 5.45. The molecule has 0 bridgehead atoms. The molecule has 2 heteroatoms. The van der Waals surface area contributed by atoms with Gasteiger partial charge in [0, 0.05) is 16.2 Å². The molecule has 1 aromatic rings. The quantitative estimate of drug-likeness (QED) is 0.861. The van der Waals surface area contributed by atoms with Gasteiger partial charge in [-0.2, -0.15) is 0 Å². The van der Waals surface area contributed by atoms with E-state index >= 15 is 0 Å². The van der Waals surface area contributed by atoms with E-state index in [1.807, 2.05) is 0 Å². The van der Waals surface area contributed by atoms with Gasteiger partial charge in [0.15, 0.2) is 0 Å². The molecule has 2 aliphatic rings. The molecule has 0 spiro atoms. The Morgan fingerprint density at radius 1 is 0.941 bits per heavy atom. The van der Waals surface area contributed by atoms with Crippen LogP contribution in [0.15, 0.2) is 29.2 Å². The normalized spacial score (nSPS) is 25.5. The SMILES string of the molecule is c1cc(C2CCCN2)ccc1SC1CCCC1. The highest BCUT2D eigenvalue weighted by molar-refractivity contribution is 8.00. The largest absolute Gasteiger partial charge is 0.310 e. The molecule has 1 saturated heterocycles. The first-order valence-corrected chi connectivity index (χ1v) is 7.80. The van der Waals surface area contributed by atoms with Crippen LogP contribution in [0.3, 0.4) is 0 Å². The Labute approximate surface area is 108 Å². The van der Waals surface area contributed by atoms with Crippen LogP contribution in [-0.2, 0) is 0 Å². The first-order chi connectivity index (χ1) is 8.42. The van der Waals surface area contributed by atoms with Gasteiger partial charge in [-0.1, -0.05) is 25.0 Å². The maximum atomic E-state index is 3.56. The fourth-order valence-electron chi connectivity index (χ4n) is 2.95. The molecule has 1 aliphatic carbocycles. The summed E-state index contributed by atoms with van der Waals surface area (Å²) < 4.78 is 0. The van der Waals surface area contributed by atoms with Gasteiger partial charge in [-0.3, -0.25) is 0 Å². The van der Waals surface area contributed by atoms with E-state index in [1.54, 1.807) is 0 Å². The lowest BCUT2D eigenvalue weighted by Crippen LogP contribution is -2.12.